The minimum Gasteiger partial charge on any atom is -0.490 e. The van der Waals surface area contributed by atoms with E-state index in [-0.39, 0.29) is 36.8 Å². The van der Waals surface area contributed by atoms with E-state index in [2.05, 4.69) is 10.6 Å². The number of hydrogen-bond acceptors (Lipinski definition) is 8. The predicted molar refractivity (Wildman–Crippen MR) is 173 cm³/mol. The maximum atomic E-state index is 14.4. The highest BCUT2D eigenvalue weighted by Gasteiger charge is 2.58. The number of Topliss-reactive ketones (excluding diaryl/α,β-unsaturated/α-hetero) is 1. The van der Waals surface area contributed by atoms with Gasteiger partial charge in [0.05, 0.1) is 5.56 Å². The van der Waals surface area contributed by atoms with Crippen LogP contribution in [0.2, 0.25) is 0 Å². The molecule has 228 valence electrons. The van der Waals surface area contributed by atoms with Gasteiger partial charge in [0, 0.05) is 11.4 Å². The molecule has 2 atom stereocenters. The van der Waals surface area contributed by atoms with E-state index in [1.165, 1.54) is 0 Å². The Balaban J connectivity index is 1.79. The number of carbonyl (C=O) groups is 3. The van der Waals surface area contributed by atoms with Gasteiger partial charge in [-0.3, -0.25) is 14.4 Å². The summed E-state index contributed by atoms with van der Waals surface area (Å²) in [5.74, 6) is -1.84. The van der Waals surface area contributed by atoms with Crippen LogP contribution >= 0.6 is 23.5 Å². The van der Waals surface area contributed by atoms with Gasteiger partial charge in [0.2, 0.25) is 0 Å². The summed E-state index contributed by atoms with van der Waals surface area (Å²) in [4.78, 5) is 37.7. The van der Waals surface area contributed by atoms with E-state index in [1.54, 1.807) is 72.8 Å². The van der Waals surface area contributed by atoms with E-state index in [0.717, 1.165) is 0 Å². The van der Waals surface area contributed by atoms with E-state index < -0.39 is 31.5 Å². The van der Waals surface area contributed by atoms with Gasteiger partial charge in [-0.1, -0.05) is 99.7 Å². The summed E-state index contributed by atoms with van der Waals surface area (Å²) in [6, 6.07) is 24.1. The number of amides is 2. The minimum atomic E-state index is -2.13. The van der Waals surface area contributed by atoms with Crippen molar-refractivity contribution in [2.75, 3.05) is 17.2 Å². The summed E-state index contributed by atoms with van der Waals surface area (Å²) in [6.45, 7) is 7.14. The van der Waals surface area contributed by atoms with Crippen LogP contribution in [-0.2, 0) is 9.59 Å². The lowest BCUT2D eigenvalue weighted by atomic mass is 10.0. The molecular weight excluding hydrogens is 585 g/mol. The summed E-state index contributed by atoms with van der Waals surface area (Å²) in [7, 11) is 0. The first-order valence-electron chi connectivity index (χ1n) is 14.2. The van der Waals surface area contributed by atoms with Gasteiger partial charge in [-0.15, -0.1) is 0 Å². The van der Waals surface area contributed by atoms with Crippen molar-refractivity contribution >= 4 is 52.5 Å². The molecule has 0 fully saturated rings. The van der Waals surface area contributed by atoms with Crippen molar-refractivity contribution < 1.29 is 29.3 Å². The lowest BCUT2D eigenvalue weighted by Crippen LogP contribution is -2.54. The Kier molecular flexibility index (Phi) is 10.3. The molecule has 0 saturated heterocycles. The molecule has 0 saturated carbocycles. The van der Waals surface area contributed by atoms with Gasteiger partial charge in [-0.05, 0) is 61.1 Å². The molecule has 3 aromatic carbocycles. The fourth-order valence-corrected chi connectivity index (χ4v) is 8.76. The highest BCUT2D eigenvalue weighted by Crippen LogP contribution is 2.55. The van der Waals surface area contributed by atoms with Crippen LogP contribution in [0.3, 0.4) is 0 Å². The first kappa shape index (κ1) is 32.6. The van der Waals surface area contributed by atoms with Crippen molar-refractivity contribution in [3.8, 4) is 5.75 Å². The number of benzene rings is 3. The molecule has 3 aromatic rings. The number of ether oxygens (including phenoxy) is 1. The quantitative estimate of drug-likeness (QED) is 0.177. The van der Waals surface area contributed by atoms with Crippen LogP contribution in [0.4, 0.5) is 11.4 Å². The topological polar surface area (TPSA) is 125 Å². The van der Waals surface area contributed by atoms with Crippen molar-refractivity contribution in [3.05, 3.63) is 90.5 Å². The molecule has 2 amide bonds. The Morgan fingerprint density at radius 2 is 1.19 bits per heavy atom. The average molecular weight is 623 g/mol. The third-order valence-corrected chi connectivity index (χ3v) is 9.85. The molecule has 0 aliphatic carbocycles. The minimum absolute atomic E-state index is 0.00755. The lowest BCUT2D eigenvalue weighted by Gasteiger charge is -2.44. The van der Waals surface area contributed by atoms with Crippen LogP contribution in [0.1, 0.15) is 50.9 Å². The Bertz CT molecular complexity index is 1360. The summed E-state index contributed by atoms with van der Waals surface area (Å²) < 4.78 is 4.29. The van der Waals surface area contributed by atoms with E-state index in [4.69, 9.17) is 4.74 Å². The third kappa shape index (κ3) is 7.80. The Labute approximate surface area is 261 Å². The van der Waals surface area contributed by atoms with Crippen LogP contribution in [-0.4, -0.2) is 48.4 Å². The number of nitrogens with one attached hydrogen (secondary N) is 2. The zero-order valence-electron chi connectivity index (χ0n) is 24.7. The number of fused-ring (bicyclic) bond motifs is 1. The summed E-state index contributed by atoms with van der Waals surface area (Å²) in [5, 5.41) is 29.7. The van der Waals surface area contributed by atoms with Gasteiger partial charge in [-0.25, -0.2) is 0 Å². The van der Waals surface area contributed by atoms with Crippen LogP contribution in [0.15, 0.2) is 84.9 Å². The first-order chi connectivity index (χ1) is 20.4. The van der Waals surface area contributed by atoms with E-state index in [9.17, 15) is 24.6 Å². The van der Waals surface area contributed by atoms with Gasteiger partial charge < -0.3 is 25.6 Å². The molecule has 4 N–H and O–H groups in total. The lowest BCUT2D eigenvalue weighted by molar-refractivity contribution is -0.127. The van der Waals surface area contributed by atoms with Crippen LogP contribution in [0, 0.1) is 11.8 Å². The summed E-state index contributed by atoms with van der Waals surface area (Å²) in [5.41, 5.74) is 1.19. The molecule has 8 nitrogen and oxygen atoms in total. The molecule has 4 rings (SSSR count). The fraction of sp³-hybridized carbons (Fsp3) is 0.364. The normalized spacial score (nSPS) is 19.1. The zero-order chi connectivity index (χ0) is 31.3. The maximum absolute atomic E-state index is 14.4. The molecule has 10 heteroatoms. The number of para-hydroxylation sites is 3. The molecule has 1 aliphatic rings. The number of carbonyl (C=O) groups excluding carboxylic acids is 3. The first-order valence-corrected chi connectivity index (χ1v) is 15.8. The van der Waals surface area contributed by atoms with Crippen LogP contribution in [0.5, 0.6) is 5.75 Å². The average Bonchev–Trinajstić information content (AvgIpc) is 2.95. The number of aliphatic hydroxyl groups is 2. The Morgan fingerprint density at radius 3 is 1.63 bits per heavy atom. The van der Waals surface area contributed by atoms with Crippen molar-refractivity contribution in [2.45, 2.75) is 54.5 Å². The highest BCUT2D eigenvalue weighted by atomic mass is 32.2. The predicted octanol–water partition coefficient (Wildman–Crippen LogP) is 6.17. The number of hydrogen-bond donors (Lipinski definition) is 4. The number of thioether (sulfide) groups is 2. The molecule has 0 spiro atoms. The smallest absolute Gasteiger partial charge is 0.267 e. The largest absolute Gasteiger partial charge is 0.490 e. The molecule has 0 aromatic heterocycles. The Morgan fingerprint density at radius 1 is 0.767 bits per heavy atom. The molecular formula is C33H38N2O6S2. The molecule has 43 heavy (non-hydrogen) atoms. The van der Waals surface area contributed by atoms with Crippen molar-refractivity contribution in [1.82, 2.24) is 0 Å². The van der Waals surface area contributed by atoms with Gasteiger partial charge in [0.1, 0.15) is 12.4 Å². The highest BCUT2D eigenvalue weighted by molar-refractivity contribution is 8.21. The number of ketones is 1. The monoisotopic (exact) mass is 622 g/mol. The second kappa shape index (κ2) is 13.5. The van der Waals surface area contributed by atoms with Crippen LogP contribution < -0.4 is 15.4 Å². The van der Waals surface area contributed by atoms with Crippen molar-refractivity contribution in [1.29, 1.82) is 0 Å². The third-order valence-electron chi connectivity index (χ3n) is 6.71. The van der Waals surface area contributed by atoms with E-state index in [1.807, 2.05) is 39.8 Å². The Hall–Kier alpha value is -3.31. The molecule has 0 radical (unpaired) electrons. The molecule has 1 aliphatic heterocycles. The van der Waals surface area contributed by atoms with Gasteiger partial charge in [0.25, 0.3) is 11.8 Å². The van der Waals surface area contributed by atoms with Crippen molar-refractivity contribution in [3.63, 3.8) is 0 Å². The summed E-state index contributed by atoms with van der Waals surface area (Å²) >= 11 is 1.42. The summed E-state index contributed by atoms with van der Waals surface area (Å²) in [6.07, 6.45) is -0.0151. The number of anilines is 2. The van der Waals surface area contributed by atoms with Crippen molar-refractivity contribution in [2.24, 2.45) is 11.8 Å². The van der Waals surface area contributed by atoms with E-state index >= 15 is 0 Å². The molecule has 2 unspecified atom stereocenters. The standard InChI is InChI=1S/C33H38N2O6S2/c1-22(2)19-31(39,29(37)34-24-13-7-5-8-14-24)42-33(21-41-27-18-12-11-17-26(27)28(33)36)43-32(40,20-23(3)4)30(38)35-25-15-9-6-10-16-25/h5-18,22-23,39-40H,19-21H2,1-4H3,(H,34,37)(H,35,38). The number of rotatable bonds is 12. The second-order valence-electron chi connectivity index (χ2n) is 11.5. The second-order valence-corrected chi connectivity index (χ2v) is 14.9. The van der Waals surface area contributed by atoms with Gasteiger partial charge in [0.15, 0.2) is 19.7 Å². The van der Waals surface area contributed by atoms with Gasteiger partial charge in [-0.2, -0.15) is 0 Å². The molecule has 0 bridgehead atoms. The van der Waals surface area contributed by atoms with Gasteiger partial charge >= 0.3 is 0 Å². The molecule has 1 heterocycles. The van der Waals surface area contributed by atoms with Crippen LogP contribution in [0.25, 0.3) is 0 Å². The fourth-order valence-electron chi connectivity index (χ4n) is 4.91. The SMILES string of the molecule is CC(C)CC(O)(SC1(SC(O)(CC(C)C)C(=O)Nc2ccccc2)COc2ccccc2C1=O)C(=O)Nc1ccccc1. The maximum Gasteiger partial charge on any atom is 0.267 e. The zero-order valence-corrected chi connectivity index (χ0v) is 26.3. The van der Waals surface area contributed by atoms with E-state index in [0.29, 0.717) is 40.6 Å².